The molecule has 0 saturated carbocycles. The summed E-state index contributed by atoms with van der Waals surface area (Å²) in [5.74, 6) is 0.650. The zero-order valence-electron chi connectivity index (χ0n) is 21.4. The molecule has 1 aromatic heterocycles. The third-order valence-electron chi connectivity index (χ3n) is 6.61. The number of allylic oxidation sites excluding steroid dienone is 1. The second-order valence-corrected chi connectivity index (χ2v) is 8.83. The number of ether oxygens (including phenoxy) is 2. The van der Waals surface area contributed by atoms with Gasteiger partial charge in [0.15, 0.2) is 0 Å². The zero-order valence-corrected chi connectivity index (χ0v) is 21.4. The average molecular weight is 504 g/mol. The smallest absolute Gasteiger partial charge is 0.407 e. The predicted molar refractivity (Wildman–Crippen MR) is 145 cm³/mol. The van der Waals surface area contributed by atoms with Crippen LogP contribution in [0, 0.1) is 0 Å². The number of nitrogens with zero attached hydrogens (tertiary/aromatic N) is 1. The minimum Gasteiger partial charge on any atom is -0.460 e. The molecule has 37 heavy (non-hydrogen) atoms. The molecule has 1 amide bonds. The summed E-state index contributed by atoms with van der Waals surface area (Å²) in [5.41, 5.74) is 5.60. The van der Waals surface area contributed by atoms with Crippen molar-refractivity contribution >= 4 is 17.4 Å². The molecule has 1 unspecified atom stereocenters. The number of nitrogens with one attached hydrogen (secondary N) is 2. The van der Waals surface area contributed by atoms with Gasteiger partial charge in [0.05, 0.1) is 6.61 Å². The minimum atomic E-state index is -1.09. The number of benzene rings is 2. The Morgan fingerprint density at radius 2 is 1.92 bits per heavy atom. The summed E-state index contributed by atoms with van der Waals surface area (Å²) >= 11 is 0. The van der Waals surface area contributed by atoms with E-state index in [0.717, 1.165) is 41.0 Å². The van der Waals surface area contributed by atoms with Crippen LogP contribution in [0.15, 0.2) is 71.2 Å². The summed E-state index contributed by atoms with van der Waals surface area (Å²) in [7, 11) is 0. The second-order valence-electron chi connectivity index (χ2n) is 8.83. The lowest BCUT2D eigenvalue weighted by molar-refractivity contribution is 0.00748. The van der Waals surface area contributed by atoms with Crippen LogP contribution >= 0.6 is 0 Å². The molecule has 0 fully saturated rings. The number of carbonyl (C=O) groups excluding carboxylic acids is 1. The fourth-order valence-corrected chi connectivity index (χ4v) is 4.54. The van der Waals surface area contributed by atoms with Gasteiger partial charge in [-0.25, -0.2) is 4.79 Å². The first-order valence-corrected chi connectivity index (χ1v) is 12.5. The maximum absolute atomic E-state index is 12.3. The third kappa shape index (κ3) is 6.03. The number of aliphatic hydroxyl groups is 1. The molecule has 194 valence electrons. The van der Waals surface area contributed by atoms with E-state index in [1.807, 2.05) is 43.3 Å². The summed E-state index contributed by atoms with van der Waals surface area (Å²) in [6.45, 7) is 8.27. The molecule has 0 bridgehead atoms. The molecule has 2 aromatic carbocycles. The van der Waals surface area contributed by atoms with Gasteiger partial charge in [-0.3, -0.25) is 4.79 Å². The molecule has 2 heterocycles. The van der Waals surface area contributed by atoms with Gasteiger partial charge in [0.1, 0.15) is 5.75 Å². The maximum atomic E-state index is 12.3. The highest BCUT2D eigenvalue weighted by Gasteiger charge is 2.25. The van der Waals surface area contributed by atoms with Crippen LogP contribution in [-0.4, -0.2) is 42.2 Å². The van der Waals surface area contributed by atoms with Crippen molar-refractivity contribution in [2.24, 2.45) is 0 Å². The van der Waals surface area contributed by atoms with Crippen molar-refractivity contribution in [1.82, 2.24) is 10.3 Å². The van der Waals surface area contributed by atoms with E-state index in [1.165, 1.54) is 0 Å². The van der Waals surface area contributed by atoms with Crippen LogP contribution in [0.3, 0.4) is 0 Å². The van der Waals surface area contributed by atoms with E-state index in [4.69, 9.17) is 9.47 Å². The van der Waals surface area contributed by atoms with Crippen LogP contribution < -0.4 is 20.5 Å². The molecular weight excluding hydrogens is 470 g/mol. The molecule has 4 rings (SSSR count). The number of carbonyl (C=O) groups is 1. The van der Waals surface area contributed by atoms with Crippen LogP contribution in [-0.2, 0) is 11.3 Å². The van der Waals surface area contributed by atoms with Crippen LogP contribution in [0.1, 0.15) is 38.3 Å². The molecule has 1 aliphatic rings. The molecule has 1 atom stereocenters. The third-order valence-corrected chi connectivity index (χ3v) is 6.61. The molecule has 0 aliphatic carbocycles. The van der Waals surface area contributed by atoms with E-state index < -0.39 is 12.4 Å². The number of alkyl carbamates (subject to hydrolysis) is 1. The molecule has 8 nitrogen and oxygen atoms in total. The second kappa shape index (κ2) is 11.8. The predicted octanol–water partition coefficient (Wildman–Crippen LogP) is 4.69. The number of pyridine rings is 1. The van der Waals surface area contributed by atoms with E-state index in [1.54, 1.807) is 18.3 Å². The van der Waals surface area contributed by atoms with Gasteiger partial charge in [-0.15, -0.1) is 0 Å². The summed E-state index contributed by atoms with van der Waals surface area (Å²) in [6, 6.07) is 17.0. The van der Waals surface area contributed by atoms with Crippen LogP contribution in [0.4, 0.5) is 10.5 Å². The summed E-state index contributed by atoms with van der Waals surface area (Å²) in [4.78, 5) is 29.2. The first-order chi connectivity index (χ1) is 17.9. The maximum Gasteiger partial charge on any atom is 0.407 e. The first-order valence-electron chi connectivity index (χ1n) is 12.5. The highest BCUT2D eigenvalue weighted by molar-refractivity contribution is 5.76. The number of hydrogen-bond acceptors (Lipinski definition) is 6. The molecule has 0 saturated heterocycles. The van der Waals surface area contributed by atoms with E-state index in [9.17, 15) is 14.7 Å². The number of aromatic nitrogens is 1. The van der Waals surface area contributed by atoms with E-state index in [-0.39, 0.29) is 18.7 Å². The SMILES string of the molecule is CCN(CC)c1ccc2c(c1)OC(O)C(CCOC(=O)NCc1cccc(-c3ccc[nH]c3=O)c1)=C2C. The fraction of sp³-hybridized carbons (Fsp3) is 0.310. The summed E-state index contributed by atoms with van der Waals surface area (Å²) < 4.78 is 11.2. The zero-order chi connectivity index (χ0) is 26.4. The quantitative estimate of drug-likeness (QED) is 0.391. The number of fused-ring (bicyclic) bond motifs is 1. The normalized spacial score (nSPS) is 14.5. The van der Waals surface area contributed by atoms with Crippen molar-refractivity contribution in [3.05, 3.63) is 87.8 Å². The van der Waals surface area contributed by atoms with E-state index in [0.29, 0.717) is 23.3 Å². The number of H-pyrrole nitrogens is 1. The summed E-state index contributed by atoms with van der Waals surface area (Å²) in [5, 5.41) is 13.3. The topological polar surface area (TPSA) is 104 Å². The number of hydrogen-bond donors (Lipinski definition) is 3. The van der Waals surface area contributed by atoms with Gasteiger partial charge in [0, 0.05) is 60.7 Å². The van der Waals surface area contributed by atoms with Crippen LogP contribution in [0.25, 0.3) is 16.7 Å². The van der Waals surface area contributed by atoms with Crippen molar-refractivity contribution in [3.8, 4) is 16.9 Å². The molecule has 3 N–H and O–H groups in total. The molecule has 1 aliphatic heterocycles. The van der Waals surface area contributed by atoms with Gasteiger partial charge in [-0.05, 0) is 67.8 Å². The Bertz CT molecular complexity index is 1340. The minimum absolute atomic E-state index is 0.102. The molecule has 8 heteroatoms. The van der Waals surface area contributed by atoms with Crippen LogP contribution in [0.2, 0.25) is 0 Å². The lowest BCUT2D eigenvalue weighted by atomic mass is 9.95. The molecular formula is C29H33N3O5. The lowest BCUT2D eigenvalue weighted by Crippen LogP contribution is -2.27. The Balaban J connectivity index is 1.33. The highest BCUT2D eigenvalue weighted by Crippen LogP contribution is 2.38. The Kier molecular flexibility index (Phi) is 8.30. The van der Waals surface area contributed by atoms with Crippen LogP contribution in [0.5, 0.6) is 5.75 Å². The molecule has 0 spiro atoms. The number of aliphatic hydroxyl groups excluding tert-OH is 1. The van der Waals surface area contributed by atoms with Gasteiger partial charge < -0.3 is 29.8 Å². The van der Waals surface area contributed by atoms with Gasteiger partial charge in [-0.2, -0.15) is 0 Å². The fourth-order valence-electron chi connectivity index (χ4n) is 4.54. The van der Waals surface area contributed by atoms with E-state index >= 15 is 0 Å². The average Bonchev–Trinajstić information content (AvgIpc) is 2.90. The van der Waals surface area contributed by atoms with Gasteiger partial charge in [-0.1, -0.05) is 18.2 Å². The Hall–Kier alpha value is -4.04. The largest absolute Gasteiger partial charge is 0.460 e. The number of aromatic amines is 1. The monoisotopic (exact) mass is 503 g/mol. The number of anilines is 1. The molecule has 0 radical (unpaired) electrons. The Labute approximate surface area is 216 Å². The van der Waals surface area contributed by atoms with Crippen molar-refractivity contribution in [2.75, 3.05) is 24.6 Å². The van der Waals surface area contributed by atoms with E-state index in [2.05, 4.69) is 35.1 Å². The van der Waals surface area contributed by atoms with Crippen molar-refractivity contribution in [3.63, 3.8) is 0 Å². The number of amides is 1. The van der Waals surface area contributed by atoms with Gasteiger partial charge in [0.25, 0.3) is 5.56 Å². The standard InChI is InChI=1S/C29H33N3O5/c1-4-32(5-2)22-11-12-23-19(3)24(28(34)37-26(23)17-22)13-15-36-29(35)31-18-20-8-6-9-21(16-20)25-10-7-14-30-27(25)33/h6-12,14,16-17,28,34H,4-5,13,15,18H2,1-3H3,(H,30,33)(H,31,35). The lowest BCUT2D eigenvalue weighted by Gasteiger charge is -2.29. The summed E-state index contributed by atoms with van der Waals surface area (Å²) in [6.07, 6.45) is 0.293. The van der Waals surface area contributed by atoms with Gasteiger partial charge in [0.2, 0.25) is 6.29 Å². The van der Waals surface area contributed by atoms with Crippen molar-refractivity contribution in [1.29, 1.82) is 0 Å². The first kappa shape index (κ1) is 26.0. The Morgan fingerprint density at radius 3 is 2.68 bits per heavy atom. The highest BCUT2D eigenvalue weighted by atomic mass is 16.6. The Morgan fingerprint density at radius 1 is 1.11 bits per heavy atom. The molecule has 3 aromatic rings. The number of rotatable bonds is 9. The van der Waals surface area contributed by atoms with Crippen molar-refractivity contribution in [2.45, 2.75) is 40.0 Å². The van der Waals surface area contributed by atoms with Gasteiger partial charge >= 0.3 is 6.09 Å². The van der Waals surface area contributed by atoms with Crippen molar-refractivity contribution < 1.29 is 19.4 Å².